The average molecular weight is 555 g/mol. The lowest BCUT2D eigenvalue weighted by atomic mass is 10.0. The summed E-state index contributed by atoms with van der Waals surface area (Å²) in [6.45, 7) is 0.546. The van der Waals surface area contributed by atoms with Gasteiger partial charge in [0.05, 0.1) is 18.3 Å². The highest BCUT2D eigenvalue weighted by molar-refractivity contribution is 7.81. The number of imide groups is 1. The monoisotopic (exact) mass is 554 g/mol. The second-order valence-electron chi connectivity index (χ2n) is 8.52. The molecule has 1 fully saturated rings. The van der Waals surface area contributed by atoms with E-state index in [1.165, 1.54) is 9.58 Å². The number of amides is 4. The maximum atomic E-state index is 13.2. The first-order valence-electron chi connectivity index (χ1n) is 11.4. The van der Waals surface area contributed by atoms with E-state index in [-0.39, 0.29) is 37.3 Å². The number of carbonyl (C=O) groups excluding carboxylic acids is 3. The van der Waals surface area contributed by atoms with Gasteiger partial charge >= 0.3 is 16.6 Å². The first-order chi connectivity index (χ1) is 18.0. The maximum Gasteiger partial charge on any atom is 0.488 e. The number of carboxylic acid groups (broad SMARTS) is 1. The van der Waals surface area contributed by atoms with Crippen molar-refractivity contribution in [3.63, 3.8) is 0 Å². The minimum Gasteiger partial charge on any atom is -0.487 e. The molecule has 15 nitrogen and oxygen atoms in total. The number of benzene rings is 1. The van der Waals surface area contributed by atoms with Crippen molar-refractivity contribution in [3.8, 4) is 11.5 Å². The molecule has 3 heterocycles. The van der Waals surface area contributed by atoms with Crippen LogP contribution in [-0.2, 0) is 39.8 Å². The summed E-state index contributed by atoms with van der Waals surface area (Å²) < 4.78 is 47.0. The minimum atomic E-state index is -5.40. The molecule has 0 saturated carbocycles. The van der Waals surface area contributed by atoms with Crippen LogP contribution >= 0.6 is 0 Å². The SMILES string of the molecule is O=C(O)NCCCCn1cc(COc2cc(OS(=O)(=O)F)cc3c2CN(C2CCC(=O)NC2=O)C3=O)nn1. The Balaban J connectivity index is 1.48. The molecule has 1 unspecified atom stereocenters. The molecule has 3 N–H and O–H groups in total. The van der Waals surface area contributed by atoms with Gasteiger partial charge in [-0.1, -0.05) is 9.10 Å². The topological polar surface area (TPSA) is 199 Å². The number of unbranched alkanes of at least 4 members (excludes halogenated alkanes) is 1. The zero-order valence-electron chi connectivity index (χ0n) is 19.8. The van der Waals surface area contributed by atoms with Crippen LogP contribution in [0.25, 0.3) is 0 Å². The first-order valence-corrected chi connectivity index (χ1v) is 12.8. The van der Waals surface area contributed by atoms with Crippen molar-refractivity contribution >= 4 is 34.3 Å². The van der Waals surface area contributed by atoms with E-state index in [2.05, 4.69) is 25.1 Å². The predicted molar refractivity (Wildman–Crippen MR) is 123 cm³/mol. The van der Waals surface area contributed by atoms with E-state index in [1.807, 2.05) is 0 Å². The van der Waals surface area contributed by atoms with Gasteiger partial charge in [0.15, 0.2) is 0 Å². The van der Waals surface area contributed by atoms with Crippen LogP contribution in [0.5, 0.6) is 11.5 Å². The quantitative estimate of drug-likeness (QED) is 0.195. The molecule has 4 rings (SSSR count). The van der Waals surface area contributed by atoms with Gasteiger partial charge in [-0.15, -0.1) is 5.10 Å². The number of hydrogen-bond acceptors (Lipinski definition) is 10. The van der Waals surface area contributed by atoms with E-state index in [0.717, 1.165) is 12.1 Å². The third kappa shape index (κ3) is 6.53. The minimum absolute atomic E-state index is 0.0126. The molecule has 4 amide bonds. The summed E-state index contributed by atoms with van der Waals surface area (Å²) in [5.41, 5.74) is 0.671. The van der Waals surface area contributed by atoms with Crippen molar-refractivity contribution in [2.45, 2.75) is 51.4 Å². The number of nitrogens with zero attached hydrogens (tertiary/aromatic N) is 4. The van der Waals surface area contributed by atoms with Crippen molar-refractivity contribution in [2.24, 2.45) is 0 Å². The normalized spacial score (nSPS) is 17.2. The summed E-state index contributed by atoms with van der Waals surface area (Å²) in [7, 11) is -5.40. The van der Waals surface area contributed by atoms with Gasteiger partial charge in [0, 0.05) is 31.1 Å². The third-order valence-corrected chi connectivity index (χ3v) is 6.23. The molecular weight excluding hydrogens is 531 g/mol. The number of halogens is 1. The van der Waals surface area contributed by atoms with Crippen LogP contribution in [0.4, 0.5) is 8.68 Å². The van der Waals surface area contributed by atoms with Crippen LogP contribution < -0.4 is 19.6 Å². The second-order valence-corrected chi connectivity index (χ2v) is 9.48. The summed E-state index contributed by atoms with van der Waals surface area (Å²) in [5, 5.41) is 21.0. The molecule has 1 atom stereocenters. The van der Waals surface area contributed by atoms with Crippen LogP contribution in [0.2, 0.25) is 0 Å². The van der Waals surface area contributed by atoms with Crippen molar-refractivity contribution in [1.82, 2.24) is 30.5 Å². The average Bonchev–Trinajstić information content (AvgIpc) is 3.41. The van der Waals surface area contributed by atoms with E-state index in [9.17, 15) is 31.5 Å². The van der Waals surface area contributed by atoms with E-state index in [4.69, 9.17) is 9.84 Å². The van der Waals surface area contributed by atoms with Gasteiger partial charge in [-0.05, 0) is 25.3 Å². The summed E-state index contributed by atoms with van der Waals surface area (Å²) in [4.78, 5) is 48.6. The Morgan fingerprint density at radius 1 is 1.26 bits per heavy atom. The molecule has 1 saturated heterocycles. The fourth-order valence-electron chi connectivity index (χ4n) is 4.15. The molecule has 0 aliphatic carbocycles. The number of fused-ring (bicyclic) bond motifs is 1. The van der Waals surface area contributed by atoms with E-state index in [0.29, 0.717) is 37.2 Å². The summed E-state index contributed by atoms with van der Waals surface area (Å²) >= 11 is 0. The molecule has 204 valence electrons. The Hall–Kier alpha value is -4.28. The molecular formula is C21H23FN6O9S. The molecule has 0 radical (unpaired) electrons. The fraction of sp³-hybridized carbons (Fsp3) is 0.429. The van der Waals surface area contributed by atoms with Crippen molar-refractivity contribution in [1.29, 1.82) is 0 Å². The van der Waals surface area contributed by atoms with Gasteiger partial charge in [-0.3, -0.25) is 24.4 Å². The Kier molecular flexibility index (Phi) is 7.75. The number of hydrogen-bond donors (Lipinski definition) is 3. The van der Waals surface area contributed by atoms with E-state index < -0.39 is 46.1 Å². The summed E-state index contributed by atoms with van der Waals surface area (Å²) in [6, 6.07) is 1.22. The highest BCUT2D eigenvalue weighted by Crippen LogP contribution is 2.38. The Bertz CT molecular complexity index is 1380. The summed E-state index contributed by atoms with van der Waals surface area (Å²) in [5.74, 6) is -2.21. The predicted octanol–water partition coefficient (Wildman–Crippen LogP) is 0.259. The van der Waals surface area contributed by atoms with Crippen molar-refractivity contribution in [2.75, 3.05) is 6.54 Å². The fourth-order valence-corrected chi connectivity index (χ4v) is 4.48. The Labute approximate surface area is 215 Å². The van der Waals surface area contributed by atoms with Gasteiger partial charge < -0.3 is 24.2 Å². The largest absolute Gasteiger partial charge is 0.488 e. The lowest BCUT2D eigenvalue weighted by Crippen LogP contribution is -2.52. The second kappa shape index (κ2) is 11.0. The van der Waals surface area contributed by atoms with Crippen LogP contribution in [0.3, 0.4) is 0 Å². The standard InChI is InChI=1S/C21H23FN6O9S/c22-38(34,35)37-13-7-14-15(10-28(20(14)31)16-3-4-18(29)24-19(16)30)17(8-13)36-11-12-9-27(26-25-12)6-2-1-5-23-21(32)33/h7-9,16,23H,1-6,10-11H2,(H,32,33)(H,24,29,30). The number of aryl methyl sites for hydroxylation is 1. The van der Waals surface area contributed by atoms with Gasteiger partial charge in [-0.2, -0.15) is 8.42 Å². The molecule has 1 aromatic heterocycles. The molecule has 17 heteroatoms. The third-order valence-electron chi connectivity index (χ3n) is 5.84. The first kappa shape index (κ1) is 26.8. The molecule has 2 aliphatic rings. The van der Waals surface area contributed by atoms with Crippen LogP contribution in [0.1, 0.15) is 47.3 Å². The number of ether oxygens (including phenoxy) is 1. The van der Waals surface area contributed by atoms with E-state index in [1.54, 1.807) is 6.20 Å². The lowest BCUT2D eigenvalue weighted by Gasteiger charge is -2.29. The van der Waals surface area contributed by atoms with Crippen LogP contribution in [-0.4, -0.2) is 69.8 Å². The van der Waals surface area contributed by atoms with E-state index >= 15 is 0 Å². The Morgan fingerprint density at radius 2 is 2.05 bits per heavy atom. The number of rotatable bonds is 11. The smallest absolute Gasteiger partial charge is 0.487 e. The molecule has 0 spiro atoms. The highest BCUT2D eigenvalue weighted by Gasteiger charge is 2.41. The van der Waals surface area contributed by atoms with Crippen LogP contribution in [0.15, 0.2) is 18.3 Å². The molecule has 1 aromatic carbocycles. The van der Waals surface area contributed by atoms with Gasteiger partial charge in [-0.25, -0.2) is 4.79 Å². The number of nitrogens with one attached hydrogen (secondary N) is 2. The number of carbonyl (C=O) groups is 4. The molecule has 38 heavy (non-hydrogen) atoms. The Morgan fingerprint density at radius 3 is 2.76 bits per heavy atom. The molecule has 2 aromatic rings. The highest BCUT2D eigenvalue weighted by atomic mass is 32.3. The number of aromatic nitrogens is 3. The molecule has 0 bridgehead atoms. The zero-order chi connectivity index (χ0) is 27.4. The van der Waals surface area contributed by atoms with Crippen LogP contribution in [0, 0.1) is 0 Å². The van der Waals surface area contributed by atoms with Gasteiger partial charge in [0.1, 0.15) is 29.8 Å². The van der Waals surface area contributed by atoms with Gasteiger partial charge in [0.25, 0.3) is 5.91 Å². The molecule has 2 aliphatic heterocycles. The van der Waals surface area contributed by atoms with Crippen molar-refractivity contribution in [3.05, 3.63) is 35.2 Å². The summed E-state index contributed by atoms with van der Waals surface area (Å²) in [6.07, 6.45) is 1.87. The number of piperidine rings is 1. The van der Waals surface area contributed by atoms with Crippen molar-refractivity contribution < 1.29 is 45.5 Å². The van der Waals surface area contributed by atoms with Gasteiger partial charge in [0.2, 0.25) is 11.8 Å². The zero-order valence-corrected chi connectivity index (χ0v) is 20.6. The maximum absolute atomic E-state index is 13.2. The lowest BCUT2D eigenvalue weighted by molar-refractivity contribution is -0.136.